The third kappa shape index (κ3) is 3.34. The van der Waals surface area contributed by atoms with Gasteiger partial charge in [0.2, 0.25) is 0 Å². The van der Waals surface area contributed by atoms with Gasteiger partial charge in [0.25, 0.3) is 10.0 Å². The van der Waals surface area contributed by atoms with Gasteiger partial charge in [0, 0.05) is 9.85 Å². The van der Waals surface area contributed by atoms with E-state index in [1.54, 1.807) is 24.3 Å². The van der Waals surface area contributed by atoms with Crippen molar-refractivity contribution in [3.05, 3.63) is 39.8 Å². The average Bonchev–Trinajstić information content (AvgIpc) is 2.77. The summed E-state index contributed by atoms with van der Waals surface area (Å²) in [4.78, 5) is 4.47. The van der Waals surface area contributed by atoms with Gasteiger partial charge in [-0.05, 0) is 34.0 Å². The normalized spacial score (nSPS) is 11.8. The second-order valence-electron chi connectivity index (χ2n) is 4.27. The zero-order chi connectivity index (χ0) is 14.0. The summed E-state index contributed by atoms with van der Waals surface area (Å²) in [6.07, 6.45) is 0. The number of nitrogens with one attached hydrogen (secondary N) is 1. The monoisotopic (exact) mass is 360 g/mol. The number of sulfonamides is 1. The average molecular weight is 361 g/mol. The van der Waals surface area contributed by atoms with Gasteiger partial charge in [0.1, 0.15) is 4.90 Å². The minimum atomic E-state index is -3.61. The minimum Gasteiger partial charge on any atom is -0.255 e. The molecular formula is C12H13BrN2O2S2. The van der Waals surface area contributed by atoms with Gasteiger partial charge in [-0.25, -0.2) is 13.4 Å². The molecule has 0 atom stereocenters. The quantitative estimate of drug-likeness (QED) is 0.900. The fraction of sp³-hybridized carbons (Fsp3) is 0.250. The van der Waals surface area contributed by atoms with E-state index >= 15 is 0 Å². The highest BCUT2D eigenvalue weighted by molar-refractivity contribution is 9.10. The van der Waals surface area contributed by atoms with Gasteiger partial charge in [0.15, 0.2) is 5.13 Å². The maximum Gasteiger partial charge on any atom is 0.264 e. The topological polar surface area (TPSA) is 59.1 Å². The highest BCUT2D eigenvalue weighted by Crippen LogP contribution is 2.26. The molecule has 0 saturated heterocycles. The lowest BCUT2D eigenvalue weighted by Crippen LogP contribution is -2.13. The lowest BCUT2D eigenvalue weighted by Gasteiger charge is -2.06. The van der Waals surface area contributed by atoms with Gasteiger partial charge in [-0.1, -0.05) is 26.0 Å². The van der Waals surface area contributed by atoms with E-state index in [0.29, 0.717) is 9.60 Å². The number of aromatic nitrogens is 1. The van der Waals surface area contributed by atoms with Crippen LogP contribution in [0.3, 0.4) is 0 Å². The SMILES string of the molecule is CC(C)c1csc(NS(=O)(=O)c2ccccc2Br)n1. The standard InChI is InChI=1S/C12H13BrN2O2S2/c1-8(2)10-7-18-12(14-10)15-19(16,17)11-6-4-3-5-9(11)13/h3-8H,1-2H3,(H,14,15). The van der Waals surface area contributed by atoms with Gasteiger partial charge in [-0.3, -0.25) is 4.72 Å². The number of nitrogens with zero attached hydrogens (tertiary/aromatic N) is 1. The number of hydrogen-bond acceptors (Lipinski definition) is 4. The molecule has 0 saturated carbocycles. The molecule has 0 amide bonds. The predicted octanol–water partition coefficient (Wildman–Crippen LogP) is 3.83. The van der Waals surface area contributed by atoms with Crippen molar-refractivity contribution in [3.63, 3.8) is 0 Å². The second kappa shape index (κ2) is 5.60. The first-order valence-electron chi connectivity index (χ1n) is 5.63. The summed E-state index contributed by atoms with van der Waals surface area (Å²) in [5.41, 5.74) is 0.884. The molecule has 0 fully saturated rings. The van der Waals surface area contributed by atoms with Crippen LogP contribution in [-0.4, -0.2) is 13.4 Å². The smallest absolute Gasteiger partial charge is 0.255 e. The molecule has 19 heavy (non-hydrogen) atoms. The van der Waals surface area contributed by atoms with Crippen molar-refractivity contribution >= 4 is 42.4 Å². The van der Waals surface area contributed by atoms with E-state index in [4.69, 9.17) is 0 Å². The van der Waals surface area contributed by atoms with Crippen LogP contribution in [0, 0.1) is 0 Å². The fourth-order valence-electron chi connectivity index (χ4n) is 1.43. The number of rotatable bonds is 4. The van der Waals surface area contributed by atoms with Crippen LogP contribution >= 0.6 is 27.3 Å². The lowest BCUT2D eigenvalue weighted by atomic mass is 10.2. The van der Waals surface area contributed by atoms with E-state index in [1.807, 2.05) is 19.2 Å². The van der Waals surface area contributed by atoms with E-state index in [2.05, 4.69) is 25.6 Å². The largest absolute Gasteiger partial charge is 0.264 e. The van der Waals surface area contributed by atoms with Crippen LogP contribution in [0.5, 0.6) is 0 Å². The number of hydrogen-bond donors (Lipinski definition) is 1. The van der Waals surface area contributed by atoms with Crippen LogP contribution in [-0.2, 0) is 10.0 Å². The Morgan fingerprint density at radius 1 is 1.32 bits per heavy atom. The van der Waals surface area contributed by atoms with Gasteiger partial charge >= 0.3 is 0 Å². The molecule has 1 aromatic heterocycles. The highest BCUT2D eigenvalue weighted by Gasteiger charge is 2.19. The molecule has 0 spiro atoms. The molecule has 0 aliphatic rings. The Balaban J connectivity index is 2.29. The minimum absolute atomic E-state index is 0.205. The maximum absolute atomic E-state index is 12.2. The molecule has 7 heteroatoms. The van der Waals surface area contributed by atoms with Crippen molar-refractivity contribution in [3.8, 4) is 0 Å². The Kier molecular flexibility index (Phi) is 4.27. The zero-order valence-electron chi connectivity index (χ0n) is 10.4. The molecule has 1 N–H and O–H groups in total. The van der Waals surface area contributed by atoms with Crippen LogP contribution < -0.4 is 4.72 Å². The lowest BCUT2D eigenvalue weighted by molar-refractivity contribution is 0.600. The first kappa shape index (κ1) is 14.5. The van der Waals surface area contributed by atoms with Crippen molar-refractivity contribution in [2.45, 2.75) is 24.7 Å². The molecule has 2 aromatic rings. The molecule has 1 aromatic carbocycles. The summed E-state index contributed by atoms with van der Waals surface area (Å²) in [7, 11) is -3.61. The maximum atomic E-state index is 12.2. The molecule has 0 unspecified atom stereocenters. The number of thiazole rings is 1. The summed E-state index contributed by atoms with van der Waals surface area (Å²) >= 11 is 4.53. The molecule has 4 nitrogen and oxygen atoms in total. The summed E-state index contributed by atoms with van der Waals surface area (Å²) in [5.74, 6) is 0.276. The Bertz CT molecular complexity index is 681. The molecule has 0 aliphatic carbocycles. The van der Waals surface area contributed by atoms with Crippen molar-refractivity contribution < 1.29 is 8.42 Å². The molecule has 102 valence electrons. The van der Waals surface area contributed by atoms with Crippen molar-refractivity contribution in [2.24, 2.45) is 0 Å². The Morgan fingerprint density at radius 3 is 2.58 bits per heavy atom. The summed E-state index contributed by atoms with van der Waals surface area (Å²) in [6.45, 7) is 4.03. The number of anilines is 1. The van der Waals surface area contributed by atoms with Crippen molar-refractivity contribution in [2.75, 3.05) is 4.72 Å². The summed E-state index contributed by atoms with van der Waals surface area (Å²) in [6, 6.07) is 6.68. The third-order valence-corrected chi connectivity index (χ3v) is 5.72. The van der Waals surface area contributed by atoms with E-state index in [0.717, 1.165) is 5.69 Å². The summed E-state index contributed by atoms with van der Waals surface area (Å²) in [5, 5.41) is 2.25. The molecule has 0 bridgehead atoms. The van der Waals surface area contributed by atoms with E-state index in [1.165, 1.54) is 11.3 Å². The van der Waals surface area contributed by atoms with Crippen molar-refractivity contribution in [1.82, 2.24) is 4.98 Å². The Labute approximate surface area is 125 Å². The van der Waals surface area contributed by atoms with Gasteiger partial charge in [-0.2, -0.15) is 0 Å². The van der Waals surface area contributed by atoms with Crippen LogP contribution in [0.2, 0.25) is 0 Å². The van der Waals surface area contributed by atoms with Crippen LogP contribution in [0.25, 0.3) is 0 Å². The fourth-order valence-corrected chi connectivity index (χ4v) is 4.56. The van der Waals surface area contributed by atoms with E-state index < -0.39 is 10.0 Å². The zero-order valence-corrected chi connectivity index (χ0v) is 13.6. The second-order valence-corrected chi connectivity index (χ2v) is 7.63. The van der Waals surface area contributed by atoms with Gasteiger partial charge < -0.3 is 0 Å². The number of halogens is 1. The first-order valence-corrected chi connectivity index (χ1v) is 8.78. The summed E-state index contributed by atoms with van der Waals surface area (Å²) < 4.78 is 27.5. The highest BCUT2D eigenvalue weighted by atomic mass is 79.9. The van der Waals surface area contributed by atoms with E-state index in [9.17, 15) is 8.42 Å². The third-order valence-electron chi connectivity index (χ3n) is 2.46. The molecule has 1 heterocycles. The van der Waals surface area contributed by atoms with Gasteiger partial charge in [0.05, 0.1) is 5.69 Å². The first-order chi connectivity index (χ1) is 8.90. The van der Waals surface area contributed by atoms with Crippen molar-refractivity contribution in [1.29, 1.82) is 0 Å². The molecule has 0 radical (unpaired) electrons. The van der Waals surface area contributed by atoms with Crippen LogP contribution in [0.4, 0.5) is 5.13 Å². The van der Waals surface area contributed by atoms with Crippen LogP contribution in [0.1, 0.15) is 25.5 Å². The number of benzene rings is 1. The van der Waals surface area contributed by atoms with Crippen LogP contribution in [0.15, 0.2) is 39.0 Å². The van der Waals surface area contributed by atoms with E-state index in [-0.39, 0.29) is 10.8 Å². The molecule has 2 rings (SSSR count). The molecule has 0 aliphatic heterocycles. The predicted molar refractivity (Wildman–Crippen MR) is 81.2 cm³/mol. The van der Waals surface area contributed by atoms with Gasteiger partial charge in [-0.15, -0.1) is 11.3 Å². The Hall–Kier alpha value is -0.920. The molecular weight excluding hydrogens is 348 g/mol. The Morgan fingerprint density at radius 2 is 2.00 bits per heavy atom.